The number of halogens is 1. The minimum absolute atomic E-state index is 0.0904. The second-order valence-corrected chi connectivity index (χ2v) is 37.2. The van der Waals surface area contributed by atoms with Crippen LogP contribution < -0.4 is 5.32 Å². The number of benzene rings is 3. The van der Waals surface area contributed by atoms with E-state index in [1.807, 2.05) is 72.8 Å². The van der Waals surface area contributed by atoms with Gasteiger partial charge in [-0.1, -0.05) is 72.3 Å². The van der Waals surface area contributed by atoms with E-state index >= 15 is 0 Å². The first-order valence-corrected chi connectivity index (χ1v) is 45.1. The maximum atomic E-state index is 12.9. The number of pyridine rings is 2. The molecule has 5 aromatic rings. The Balaban J connectivity index is 0.000000864. The number of anilines is 1. The van der Waals surface area contributed by atoms with Gasteiger partial charge < -0.3 is 5.32 Å². The van der Waals surface area contributed by atoms with Crippen LogP contribution in [0.5, 0.6) is 0 Å². The van der Waals surface area contributed by atoms with Crippen molar-refractivity contribution < 1.29 is 9.59 Å². The highest BCUT2D eigenvalue weighted by Crippen LogP contribution is 2.32. The quantitative estimate of drug-likeness (QED) is 0.0311. The average Bonchev–Trinajstić information content (AvgIpc) is 0.704. The van der Waals surface area contributed by atoms with Gasteiger partial charge in [0.05, 0.1) is 17.0 Å². The standard InChI is InChI=1S/C31H22ClN3O2.B100/c32-26-15-21(17-30(36)24-11-13-28(33-19-24)22-7-3-1-4-8-22)16-27(18-26)35-31(37)25-12-14-29(34-20-25)23-9-5-2-6-10-23;1-52(2)77(51)90(78(53(3)4)54(5)6)96(89(75(47)48)76(49)50)99(95(87(71(39)40)72(41)42)88(73(43)44)74(45)46)100(97(91(79(55(7)8)56(9)10)80(57(11)12)58(13)14)92(81(59(15)16)60(17)18)82(61(19)20)62(21)22)98(93(83(63(23)24)64(25)26)84(65(27)28)66(29)30)94(85(67(31)32)68(33)34)86(69(35)36)70(37)38/h1-16,18-20H,17H2,(H,35,37);. The van der Waals surface area contributed by atoms with E-state index in [9.17, 15) is 9.59 Å². The molecule has 480 valence electrons. The summed E-state index contributed by atoms with van der Waals surface area (Å²) in [7, 11) is 363. The molecule has 0 saturated heterocycles. The molecule has 2 heterocycles. The van der Waals surface area contributed by atoms with Crippen molar-refractivity contribution in [2.24, 2.45) is 0 Å². The number of nitrogens with one attached hydrogen (secondary N) is 1. The van der Waals surface area contributed by atoms with Gasteiger partial charge >= 0.3 is 0 Å². The SMILES string of the molecule is O=C(Cc1cc(Cl)cc(NC(=O)c2ccc(-c3ccccc3)nc2)c1)c1ccc(-c2ccccc2)nc1.[B]B([B])B([B])B(B(B([B])[B])B([B])[B])B(B(B([B])[B])B([B])[B])B(B(B(B([B])[B])B([B])[B])B(B([B])[B])B([B])[B])B(B(B(B(B([B])[B])B([B])[B])B(B([B])[B])B([B])[B])B(B(B([B])[B])B([B])[B])B(B([B])[B])B([B])[B])B(B(B(B([B])[B])B([B])[B])B(B([B])[B])B([B])[B])B(B(B([B])[B])B([B])[B])B(B([B])[B])B([B])[B]. The number of Topliss-reactive ketones (excluding diaryl/α,β-unsaturated/α-hetero) is 1. The number of rotatable bonds is 55. The van der Waals surface area contributed by atoms with E-state index in [0.29, 0.717) is 27.4 Å². The number of aromatic nitrogens is 2. The number of hydrogen-bond donors (Lipinski definition) is 1. The van der Waals surface area contributed by atoms with Gasteiger partial charge in [-0.25, -0.2) is 0 Å². The lowest BCUT2D eigenvalue weighted by Crippen LogP contribution is -3.01. The molecule has 3 aromatic carbocycles. The highest BCUT2D eigenvalue weighted by atomic mass is 35.5. The van der Waals surface area contributed by atoms with Crippen LogP contribution in [0.25, 0.3) is 22.5 Å². The molecule has 5 rings (SSSR count). The van der Waals surface area contributed by atoms with E-state index < -0.39 is 313 Å². The monoisotopic (exact) mass is 1600 g/mol. The molecule has 0 bridgehead atoms. The van der Waals surface area contributed by atoms with Crippen molar-refractivity contribution in [3.05, 3.63) is 137 Å². The van der Waals surface area contributed by atoms with Crippen LogP contribution in [0.15, 0.2) is 116 Å². The molecule has 0 unspecified atom stereocenters. The lowest BCUT2D eigenvalue weighted by atomic mass is 8.18. The Morgan fingerprint density at radius 2 is 0.423 bits per heavy atom. The lowest BCUT2D eigenvalue weighted by Gasteiger charge is -2.63. The van der Waals surface area contributed by atoms with E-state index in [0.717, 1.165) is 22.5 Å². The maximum absolute atomic E-state index is 12.9. The van der Waals surface area contributed by atoms with Crippen molar-refractivity contribution in [1.82, 2.24) is 9.97 Å². The van der Waals surface area contributed by atoms with Gasteiger partial charge in [0, 0.05) is 754 Å². The lowest BCUT2D eigenvalue weighted by molar-refractivity contribution is 0.0991. The second kappa shape index (κ2) is 61.5. The molecule has 102 radical (unpaired) electrons. The Morgan fingerprint density at radius 3 is 0.620 bits per heavy atom. The predicted octanol–water partition coefficient (Wildman–Crippen LogP) is -30.9. The highest BCUT2D eigenvalue weighted by Gasteiger charge is 2.69. The number of amides is 1. The molecule has 0 spiro atoms. The van der Waals surface area contributed by atoms with Gasteiger partial charge in [0.1, 0.15) is 0 Å². The van der Waals surface area contributed by atoms with E-state index in [-0.39, 0.29) is 18.1 Å². The fraction of sp³-hybridized carbons (Fsp3) is 0.0323. The molecule has 0 aliphatic rings. The summed E-state index contributed by atoms with van der Waals surface area (Å²) < 4.78 is 0. The van der Waals surface area contributed by atoms with Gasteiger partial charge in [-0.15, -0.1) is 0 Å². The first kappa shape index (κ1) is 131. The Bertz CT molecular complexity index is 3760. The first-order valence-electron chi connectivity index (χ1n) is 44.7. The van der Waals surface area contributed by atoms with Crippen molar-refractivity contribution in [3.63, 3.8) is 0 Å². The van der Waals surface area contributed by atoms with E-state index in [4.69, 9.17) is 406 Å². The summed E-state index contributed by atoms with van der Waals surface area (Å²) >= 11 is 6.30. The molecule has 0 aliphatic carbocycles. The second-order valence-electron chi connectivity index (χ2n) is 36.8. The Kier molecular flexibility index (Phi) is 58.9. The summed E-state index contributed by atoms with van der Waals surface area (Å²) in [5.41, 5.74) is 5.67. The van der Waals surface area contributed by atoms with Gasteiger partial charge in [0.15, 0.2) is 5.78 Å². The largest absolute Gasteiger partial charge is 0.322 e. The van der Waals surface area contributed by atoms with Crippen LogP contribution in [0.1, 0.15) is 26.3 Å². The third kappa shape index (κ3) is 36.0. The van der Waals surface area contributed by atoms with Gasteiger partial charge in [-0.05, 0) is 48.0 Å². The number of carbonyl (C=O) groups excluding carboxylic acids is 2. The summed E-state index contributed by atoms with van der Waals surface area (Å²) in [6.07, 6.45) is -90.1. The number of carbonyl (C=O) groups is 2. The van der Waals surface area contributed by atoms with Gasteiger partial charge in [-0.2, -0.15) is 0 Å². The topological polar surface area (TPSA) is 72.0 Å². The normalized spacial score (nSPS) is 10.1. The zero-order chi connectivity index (χ0) is 105. The number of hydrogen-bond acceptors (Lipinski definition) is 4. The van der Waals surface area contributed by atoms with Gasteiger partial charge in [0.25, 0.3) is 5.91 Å². The molecule has 137 heavy (non-hydrogen) atoms. The summed E-state index contributed by atoms with van der Waals surface area (Å²) in [5, 5.41) is 3.28. The van der Waals surface area contributed by atoms with Crippen LogP contribution in [0.4, 0.5) is 5.69 Å². The van der Waals surface area contributed by atoms with Crippen LogP contribution >= 0.6 is 11.6 Å². The van der Waals surface area contributed by atoms with Crippen LogP contribution in [0.2, 0.25) is 5.02 Å². The smallest absolute Gasteiger partial charge is 0.257 e. The molecule has 1 N–H and O–H groups in total. The number of ketones is 1. The summed E-state index contributed by atoms with van der Waals surface area (Å²) in [6.45, 7) is 0. The molecule has 2 aromatic heterocycles. The molecule has 0 fully saturated rings. The van der Waals surface area contributed by atoms with E-state index in [1.165, 1.54) is 0 Å². The zero-order valence-electron chi connectivity index (χ0n) is 77.5. The average molecular weight is 1590 g/mol. The fourth-order valence-corrected chi connectivity index (χ4v) is 22.2. The van der Waals surface area contributed by atoms with Crippen molar-refractivity contribution in [2.75, 3.05) is 5.32 Å². The van der Waals surface area contributed by atoms with Crippen LogP contribution in [0, 0.1) is 0 Å². The first-order chi connectivity index (χ1) is 63.5. The molecular weight excluding hydrogens is 1560 g/mol. The van der Waals surface area contributed by atoms with E-state index in [2.05, 4.69) is 15.3 Å². The van der Waals surface area contributed by atoms with Crippen molar-refractivity contribution in [1.29, 1.82) is 0 Å². The molecular formula is C31H22B100ClN3O2. The van der Waals surface area contributed by atoms with Gasteiger partial charge in [-0.3, -0.25) is 19.6 Å². The zero-order valence-corrected chi connectivity index (χ0v) is 78.3. The third-order valence-electron chi connectivity index (χ3n) is 27.2. The third-order valence-corrected chi connectivity index (χ3v) is 27.4. The maximum Gasteiger partial charge on any atom is 0.257 e. The molecule has 5 nitrogen and oxygen atoms in total. The minimum Gasteiger partial charge on any atom is -0.322 e. The summed E-state index contributed by atoms with van der Waals surface area (Å²) in [6, 6.07) is 31.8. The molecule has 0 atom stereocenters. The van der Waals surface area contributed by atoms with Crippen LogP contribution in [-0.4, -0.2) is 729 Å². The van der Waals surface area contributed by atoms with Crippen LogP contribution in [-0.2, 0) is 6.42 Å². The Hall–Kier alpha value is 1.88. The van der Waals surface area contributed by atoms with E-state index in [1.54, 1.807) is 42.7 Å². The highest BCUT2D eigenvalue weighted by molar-refractivity contribution is 8.44. The molecule has 0 saturated carbocycles. The fourth-order valence-electron chi connectivity index (χ4n) is 21.9. The van der Waals surface area contributed by atoms with Crippen molar-refractivity contribution in [2.45, 2.75) is 6.42 Å². The minimum atomic E-state index is -2.33. The molecule has 1 amide bonds. The Labute approximate surface area is 918 Å². The molecule has 0 aliphatic heterocycles. The number of nitrogens with zero attached hydrogens (tertiary/aromatic N) is 2. The van der Waals surface area contributed by atoms with Crippen molar-refractivity contribution in [3.8, 4) is 22.5 Å². The predicted molar refractivity (Wildman–Crippen MR) is 722 cm³/mol. The van der Waals surface area contributed by atoms with Crippen molar-refractivity contribution >= 4 is 736 Å². The van der Waals surface area contributed by atoms with Crippen LogP contribution in [0.3, 0.4) is 0 Å². The molecule has 106 heteroatoms. The van der Waals surface area contributed by atoms with Gasteiger partial charge in [0.2, 0.25) is 0 Å². The Morgan fingerprint density at radius 1 is 0.226 bits per heavy atom. The summed E-state index contributed by atoms with van der Waals surface area (Å²) in [4.78, 5) is 34.5. The summed E-state index contributed by atoms with van der Waals surface area (Å²) in [5.74, 6) is -0.403.